The molecule has 56 heavy (non-hydrogen) atoms. The van der Waals surface area contributed by atoms with Gasteiger partial charge in [0.25, 0.3) is 0 Å². The van der Waals surface area contributed by atoms with Crippen molar-refractivity contribution in [2.75, 3.05) is 0 Å². The van der Waals surface area contributed by atoms with Gasteiger partial charge in [0, 0.05) is 31.3 Å². The molecular formula is C53H40N2S. The molecule has 2 heterocycles. The highest BCUT2D eigenvalue weighted by Gasteiger charge is 2.37. The van der Waals surface area contributed by atoms with Gasteiger partial charge in [0.05, 0.1) is 6.04 Å². The minimum absolute atomic E-state index is 0.00717. The Bertz CT molecular complexity index is 3010. The number of rotatable bonds is 5. The van der Waals surface area contributed by atoms with E-state index in [2.05, 4.69) is 206 Å². The van der Waals surface area contributed by atoms with Gasteiger partial charge in [0.15, 0.2) is 0 Å². The molecule has 2 aliphatic rings. The largest absolute Gasteiger partial charge is 0.366 e. The third-order valence-electron chi connectivity index (χ3n) is 12.1. The Morgan fingerprint density at radius 2 is 1.16 bits per heavy atom. The predicted octanol–water partition coefficient (Wildman–Crippen LogP) is 13.8. The summed E-state index contributed by atoms with van der Waals surface area (Å²) in [4.78, 5) is 0. The summed E-state index contributed by atoms with van der Waals surface area (Å²) in [6.45, 7) is 4.74. The molecule has 268 valence electrons. The molecule has 3 heteroatoms. The molecule has 9 aromatic rings. The fraction of sp³-hybridized carbons (Fsp3) is 0.0943. The topological polar surface area (TPSA) is 24.1 Å². The van der Waals surface area contributed by atoms with Crippen LogP contribution in [0.15, 0.2) is 182 Å². The van der Waals surface area contributed by atoms with Crippen LogP contribution in [-0.2, 0) is 5.41 Å². The number of hydrogen-bond acceptors (Lipinski definition) is 3. The van der Waals surface area contributed by atoms with Crippen molar-refractivity contribution in [2.24, 2.45) is 0 Å². The lowest BCUT2D eigenvalue weighted by molar-refractivity contribution is 0.443. The Labute approximate surface area is 331 Å². The third kappa shape index (κ3) is 5.42. The van der Waals surface area contributed by atoms with Crippen molar-refractivity contribution in [2.45, 2.75) is 31.5 Å². The highest BCUT2D eigenvalue weighted by molar-refractivity contribution is 7.25. The monoisotopic (exact) mass is 736 g/mol. The summed E-state index contributed by atoms with van der Waals surface area (Å²) >= 11 is 1.86. The van der Waals surface area contributed by atoms with Crippen LogP contribution in [0.3, 0.4) is 0 Å². The molecule has 0 radical (unpaired) electrons. The molecule has 0 saturated carbocycles. The molecule has 0 spiro atoms. The minimum Gasteiger partial charge on any atom is -0.366 e. The number of nitrogens with one attached hydrogen (secondary N) is 2. The Morgan fingerprint density at radius 3 is 2.02 bits per heavy atom. The first-order chi connectivity index (χ1) is 27.5. The normalized spacial score (nSPS) is 17.1. The van der Waals surface area contributed by atoms with E-state index in [1.54, 1.807) is 0 Å². The Balaban J connectivity index is 0.965. The molecule has 2 unspecified atom stereocenters. The Hall–Kier alpha value is -6.26. The summed E-state index contributed by atoms with van der Waals surface area (Å²) in [6, 6.07) is 65.0. The van der Waals surface area contributed by atoms with Crippen molar-refractivity contribution in [3.8, 4) is 33.4 Å². The summed E-state index contributed by atoms with van der Waals surface area (Å²) in [6.07, 6.45) is 2.30. The average molecular weight is 737 g/mol. The lowest BCUT2D eigenvalue weighted by Crippen LogP contribution is -2.39. The zero-order valence-corrected chi connectivity index (χ0v) is 32.2. The molecule has 0 saturated heterocycles. The van der Waals surface area contributed by atoms with Crippen LogP contribution < -0.4 is 10.6 Å². The van der Waals surface area contributed by atoms with Crippen molar-refractivity contribution in [3.63, 3.8) is 0 Å². The zero-order valence-electron chi connectivity index (χ0n) is 31.4. The fourth-order valence-corrected chi connectivity index (χ4v) is 10.3. The second-order valence-corrected chi connectivity index (χ2v) is 16.9. The van der Waals surface area contributed by atoms with E-state index in [9.17, 15) is 0 Å². The van der Waals surface area contributed by atoms with Crippen LogP contribution in [-0.4, -0.2) is 0 Å². The van der Waals surface area contributed by atoms with Crippen LogP contribution in [0.4, 0.5) is 0 Å². The molecule has 2 N–H and O–H groups in total. The van der Waals surface area contributed by atoms with Gasteiger partial charge in [-0.2, -0.15) is 0 Å². The van der Waals surface area contributed by atoms with E-state index in [-0.39, 0.29) is 17.6 Å². The lowest BCUT2D eigenvalue weighted by Gasteiger charge is -2.33. The van der Waals surface area contributed by atoms with Crippen molar-refractivity contribution < 1.29 is 0 Å². The maximum absolute atomic E-state index is 3.92. The SMILES string of the molecule is CC1(C)c2cc3ccccc3cc2-c2c(-c3ccc(C4=CC(c5cccc(-c6ccc7sc8ccccc8c7c6)c5)NC(c5ccccc5)N4)cc3)cccc21. The fourth-order valence-electron chi connectivity index (χ4n) is 9.20. The van der Waals surface area contributed by atoms with Gasteiger partial charge in [-0.25, -0.2) is 0 Å². The Morgan fingerprint density at radius 1 is 0.482 bits per heavy atom. The van der Waals surface area contributed by atoms with E-state index in [0.29, 0.717) is 0 Å². The molecule has 0 amide bonds. The smallest absolute Gasteiger partial charge is 0.104 e. The maximum atomic E-state index is 3.92. The third-order valence-corrected chi connectivity index (χ3v) is 13.3. The molecule has 0 bridgehead atoms. The first kappa shape index (κ1) is 33.1. The predicted molar refractivity (Wildman–Crippen MR) is 238 cm³/mol. The number of benzene rings is 8. The van der Waals surface area contributed by atoms with Gasteiger partial charge in [-0.15, -0.1) is 11.3 Å². The summed E-state index contributed by atoms with van der Waals surface area (Å²) in [7, 11) is 0. The van der Waals surface area contributed by atoms with Gasteiger partial charge in [-0.3, -0.25) is 5.32 Å². The molecule has 1 aliphatic heterocycles. The first-order valence-corrected chi connectivity index (χ1v) is 20.4. The zero-order chi connectivity index (χ0) is 37.4. The molecule has 2 nitrogen and oxygen atoms in total. The summed E-state index contributed by atoms with van der Waals surface area (Å²) in [5.74, 6) is 0. The average Bonchev–Trinajstić information content (AvgIpc) is 3.74. The van der Waals surface area contributed by atoms with Crippen LogP contribution in [0.5, 0.6) is 0 Å². The molecule has 1 aliphatic carbocycles. The highest BCUT2D eigenvalue weighted by atomic mass is 32.1. The molecule has 8 aromatic carbocycles. The van der Waals surface area contributed by atoms with E-state index in [0.717, 1.165) is 5.70 Å². The second-order valence-electron chi connectivity index (χ2n) is 15.8. The van der Waals surface area contributed by atoms with Crippen LogP contribution in [0.25, 0.3) is 70.0 Å². The summed E-state index contributed by atoms with van der Waals surface area (Å²) in [5.41, 5.74) is 15.2. The molecule has 2 atom stereocenters. The highest BCUT2D eigenvalue weighted by Crippen LogP contribution is 2.53. The summed E-state index contributed by atoms with van der Waals surface area (Å²) < 4.78 is 2.66. The number of hydrogen-bond donors (Lipinski definition) is 2. The molecule has 1 aromatic heterocycles. The van der Waals surface area contributed by atoms with Gasteiger partial charge in [-0.1, -0.05) is 153 Å². The number of fused-ring (bicyclic) bond motifs is 7. The van der Waals surface area contributed by atoms with E-state index in [1.165, 1.54) is 92.1 Å². The van der Waals surface area contributed by atoms with Gasteiger partial charge < -0.3 is 5.32 Å². The number of thiophene rings is 1. The Kier molecular flexibility index (Phi) is 7.64. The van der Waals surface area contributed by atoms with Crippen LogP contribution in [0.2, 0.25) is 0 Å². The first-order valence-electron chi connectivity index (χ1n) is 19.6. The molecular weight excluding hydrogens is 697 g/mol. The van der Waals surface area contributed by atoms with Crippen molar-refractivity contribution in [3.05, 3.63) is 210 Å². The van der Waals surface area contributed by atoms with Crippen molar-refractivity contribution in [1.29, 1.82) is 0 Å². The lowest BCUT2D eigenvalue weighted by atomic mass is 9.81. The van der Waals surface area contributed by atoms with E-state index >= 15 is 0 Å². The summed E-state index contributed by atoms with van der Waals surface area (Å²) in [5, 5.41) is 13.0. The quantitative estimate of drug-likeness (QED) is 0.184. The molecule has 0 fully saturated rings. The van der Waals surface area contributed by atoms with Crippen LogP contribution in [0.1, 0.15) is 53.9 Å². The maximum Gasteiger partial charge on any atom is 0.104 e. The van der Waals surface area contributed by atoms with Gasteiger partial charge in [-0.05, 0) is 114 Å². The van der Waals surface area contributed by atoms with E-state index in [1.807, 2.05) is 11.3 Å². The van der Waals surface area contributed by atoms with Crippen LogP contribution in [0, 0.1) is 0 Å². The second kappa shape index (κ2) is 12.9. The van der Waals surface area contributed by atoms with Gasteiger partial charge in [0.2, 0.25) is 0 Å². The molecule has 11 rings (SSSR count). The van der Waals surface area contributed by atoms with Crippen molar-refractivity contribution >= 4 is 48.0 Å². The van der Waals surface area contributed by atoms with E-state index < -0.39 is 0 Å². The van der Waals surface area contributed by atoms with Crippen LogP contribution >= 0.6 is 11.3 Å². The van der Waals surface area contributed by atoms with E-state index in [4.69, 9.17) is 0 Å². The standard InChI is InChI=1S/C53H40N2S/c1-53(2)45-20-11-19-41(51(45)44-30-37-14-6-7-15-38(37)31-46(44)53)33-22-24-34(25-23-33)47-32-48(55-52(54-47)35-12-4-3-5-13-35)40-17-10-16-36(28-40)39-26-27-50-43(29-39)42-18-8-9-21-49(42)56-50/h3-32,48,52,54-55H,1-2H3. The van der Waals surface area contributed by atoms with Gasteiger partial charge >= 0.3 is 0 Å². The van der Waals surface area contributed by atoms with Gasteiger partial charge in [0.1, 0.15) is 6.17 Å². The van der Waals surface area contributed by atoms with Crippen molar-refractivity contribution in [1.82, 2.24) is 10.6 Å². The minimum atomic E-state index is -0.0712.